The number of thiophene rings is 1. The second kappa shape index (κ2) is 5.63. The quantitative estimate of drug-likeness (QED) is 0.832. The van der Waals surface area contributed by atoms with Crippen molar-refractivity contribution < 1.29 is 9.90 Å². The van der Waals surface area contributed by atoms with Gasteiger partial charge in [-0.25, -0.2) is 4.79 Å². The highest BCUT2D eigenvalue weighted by Gasteiger charge is 2.16. The number of rotatable bonds is 3. The third-order valence-corrected chi connectivity index (χ3v) is 4.43. The first kappa shape index (κ1) is 14.5. The van der Waals surface area contributed by atoms with Crippen molar-refractivity contribution in [2.45, 2.75) is 26.2 Å². The maximum Gasteiger partial charge on any atom is 0.336 e. The number of hydrogen-bond donors (Lipinski definition) is 1. The van der Waals surface area contributed by atoms with E-state index in [9.17, 15) is 9.90 Å². The second-order valence-electron chi connectivity index (χ2n) is 5.68. The topological polar surface area (TPSA) is 37.3 Å². The molecule has 0 aliphatic rings. The van der Waals surface area contributed by atoms with Gasteiger partial charge in [0.2, 0.25) is 0 Å². The van der Waals surface area contributed by atoms with Crippen LogP contribution in [-0.2, 0) is 10.2 Å². The van der Waals surface area contributed by atoms with Crippen molar-refractivity contribution in [3.8, 4) is 0 Å². The van der Waals surface area contributed by atoms with E-state index in [4.69, 9.17) is 0 Å². The molecule has 2 aromatic rings. The van der Waals surface area contributed by atoms with Crippen LogP contribution in [0.4, 0.5) is 0 Å². The number of carboxylic acids is 1. The summed E-state index contributed by atoms with van der Waals surface area (Å²) in [6.07, 6.45) is 1.75. The van der Waals surface area contributed by atoms with Gasteiger partial charge in [-0.1, -0.05) is 51.1 Å². The molecule has 0 unspecified atom stereocenters. The van der Waals surface area contributed by atoms with Crippen molar-refractivity contribution in [1.82, 2.24) is 0 Å². The van der Waals surface area contributed by atoms with Crippen LogP contribution in [0.5, 0.6) is 0 Å². The largest absolute Gasteiger partial charge is 0.478 e. The molecular weight excluding hydrogens is 268 g/mol. The highest BCUT2D eigenvalue weighted by molar-refractivity contribution is 7.13. The minimum Gasteiger partial charge on any atom is -0.478 e. The van der Waals surface area contributed by atoms with E-state index in [1.165, 1.54) is 4.88 Å². The van der Waals surface area contributed by atoms with Gasteiger partial charge in [-0.05, 0) is 29.2 Å². The number of benzene rings is 1. The van der Waals surface area contributed by atoms with Crippen LogP contribution in [0.15, 0.2) is 42.5 Å². The summed E-state index contributed by atoms with van der Waals surface area (Å²) in [7, 11) is 0. The first-order chi connectivity index (χ1) is 9.38. The molecule has 1 N–H and O–H groups in total. The van der Waals surface area contributed by atoms with E-state index in [-0.39, 0.29) is 5.41 Å². The smallest absolute Gasteiger partial charge is 0.336 e. The molecular formula is C17H18O2S. The Hall–Kier alpha value is -1.87. The van der Waals surface area contributed by atoms with Gasteiger partial charge in [-0.2, -0.15) is 0 Å². The van der Waals surface area contributed by atoms with Crippen LogP contribution < -0.4 is 0 Å². The van der Waals surface area contributed by atoms with Gasteiger partial charge in [0.15, 0.2) is 0 Å². The molecule has 0 fully saturated rings. The Labute approximate surface area is 123 Å². The van der Waals surface area contributed by atoms with Crippen LogP contribution in [0.1, 0.15) is 36.1 Å². The molecule has 1 aromatic heterocycles. The van der Waals surface area contributed by atoms with E-state index in [0.717, 1.165) is 10.4 Å². The van der Waals surface area contributed by atoms with Crippen molar-refractivity contribution in [2.75, 3.05) is 0 Å². The third-order valence-electron chi connectivity index (χ3n) is 2.97. The summed E-state index contributed by atoms with van der Waals surface area (Å²) < 4.78 is 0. The molecule has 3 heteroatoms. The fourth-order valence-electron chi connectivity index (χ4n) is 1.86. The molecule has 1 aromatic carbocycles. The maximum atomic E-state index is 11.4. The monoisotopic (exact) mass is 286 g/mol. The predicted molar refractivity (Wildman–Crippen MR) is 85.0 cm³/mol. The lowest BCUT2D eigenvalue weighted by molar-refractivity contribution is -0.130. The van der Waals surface area contributed by atoms with Crippen LogP contribution in [0.3, 0.4) is 0 Å². The van der Waals surface area contributed by atoms with Crippen LogP contribution in [0.2, 0.25) is 0 Å². The second-order valence-corrected chi connectivity index (χ2v) is 6.80. The summed E-state index contributed by atoms with van der Waals surface area (Å²) >= 11 is 1.64. The molecule has 0 spiro atoms. The minimum atomic E-state index is -0.901. The van der Waals surface area contributed by atoms with Crippen molar-refractivity contribution in [3.63, 3.8) is 0 Å². The van der Waals surface area contributed by atoms with Gasteiger partial charge in [0, 0.05) is 9.75 Å². The van der Waals surface area contributed by atoms with E-state index >= 15 is 0 Å². The van der Waals surface area contributed by atoms with Crippen LogP contribution in [0, 0.1) is 0 Å². The Morgan fingerprint density at radius 2 is 1.75 bits per heavy atom. The fraction of sp³-hybridized carbons (Fsp3) is 0.235. The Balaban J connectivity index is 2.40. The molecule has 1 heterocycles. The van der Waals surface area contributed by atoms with Gasteiger partial charge in [0.25, 0.3) is 0 Å². The van der Waals surface area contributed by atoms with Crippen LogP contribution >= 0.6 is 11.3 Å². The molecule has 0 radical (unpaired) electrons. The lowest BCUT2D eigenvalue weighted by Gasteiger charge is -2.15. The average molecular weight is 286 g/mol. The summed E-state index contributed by atoms with van der Waals surface area (Å²) in [5.41, 5.74) is 1.14. The summed E-state index contributed by atoms with van der Waals surface area (Å²) in [6.45, 7) is 6.46. The van der Waals surface area contributed by atoms with Gasteiger partial charge < -0.3 is 5.11 Å². The first-order valence-corrected chi connectivity index (χ1v) is 7.30. The van der Waals surface area contributed by atoms with Crippen molar-refractivity contribution >= 4 is 29.0 Å². The standard InChI is InChI=1S/C17H18O2S/c1-17(2,3)15-10-9-13(20-15)11-14(16(18)19)12-7-5-4-6-8-12/h4-11H,1-3H3,(H,18,19)/b14-11+. The predicted octanol–water partition coefficient (Wildman–Crippen LogP) is 4.67. The molecule has 0 aliphatic heterocycles. The zero-order valence-electron chi connectivity index (χ0n) is 11.9. The lowest BCUT2D eigenvalue weighted by atomic mass is 9.95. The summed E-state index contributed by atoms with van der Waals surface area (Å²) in [6, 6.07) is 13.3. The van der Waals surface area contributed by atoms with E-state index < -0.39 is 5.97 Å². The minimum absolute atomic E-state index is 0.0902. The molecule has 0 amide bonds. The number of aliphatic carboxylic acids is 1. The molecule has 0 bridgehead atoms. The highest BCUT2D eigenvalue weighted by atomic mass is 32.1. The fourth-order valence-corrected chi connectivity index (χ4v) is 2.87. The Morgan fingerprint density at radius 1 is 1.10 bits per heavy atom. The summed E-state index contributed by atoms with van der Waals surface area (Å²) in [5, 5.41) is 9.39. The Bertz CT molecular complexity index is 631. The van der Waals surface area contributed by atoms with Gasteiger partial charge in [0.05, 0.1) is 5.57 Å². The molecule has 20 heavy (non-hydrogen) atoms. The Morgan fingerprint density at radius 3 is 2.25 bits per heavy atom. The van der Waals surface area contributed by atoms with Gasteiger partial charge >= 0.3 is 5.97 Å². The van der Waals surface area contributed by atoms with Crippen molar-refractivity contribution in [3.05, 3.63) is 57.8 Å². The molecule has 0 atom stereocenters. The third kappa shape index (κ3) is 3.36. The maximum absolute atomic E-state index is 11.4. The van der Waals surface area contributed by atoms with E-state index in [2.05, 4.69) is 26.8 Å². The molecule has 2 nitrogen and oxygen atoms in total. The van der Waals surface area contributed by atoms with Gasteiger partial charge in [-0.15, -0.1) is 11.3 Å². The molecule has 2 rings (SSSR count). The van der Waals surface area contributed by atoms with Crippen molar-refractivity contribution in [2.24, 2.45) is 0 Å². The zero-order chi connectivity index (χ0) is 14.8. The zero-order valence-corrected chi connectivity index (χ0v) is 12.7. The molecule has 0 saturated heterocycles. The van der Waals surface area contributed by atoms with Crippen LogP contribution in [-0.4, -0.2) is 11.1 Å². The van der Waals surface area contributed by atoms with E-state index in [1.54, 1.807) is 17.4 Å². The molecule has 104 valence electrons. The number of carbonyl (C=O) groups is 1. The van der Waals surface area contributed by atoms with Crippen molar-refractivity contribution in [1.29, 1.82) is 0 Å². The van der Waals surface area contributed by atoms with Crippen LogP contribution in [0.25, 0.3) is 11.6 Å². The summed E-state index contributed by atoms with van der Waals surface area (Å²) in [5.74, 6) is -0.901. The normalized spacial score (nSPS) is 12.4. The summed E-state index contributed by atoms with van der Waals surface area (Å²) in [4.78, 5) is 13.7. The van der Waals surface area contributed by atoms with E-state index in [1.807, 2.05) is 36.4 Å². The van der Waals surface area contributed by atoms with E-state index in [0.29, 0.717) is 5.57 Å². The highest BCUT2D eigenvalue weighted by Crippen LogP contribution is 2.31. The molecule has 0 saturated carbocycles. The first-order valence-electron chi connectivity index (χ1n) is 6.48. The average Bonchev–Trinajstić information content (AvgIpc) is 2.85. The lowest BCUT2D eigenvalue weighted by Crippen LogP contribution is -2.07. The molecule has 0 aliphatic carbocycles. The van der Waals surface area contributed by atoms with Gasteiger partial charge in [-0.3, -0.25) is 0 Å². The van der Waals surface area contributed by atoms with Gasteiger partial charge in [0.1, 0.15) is 0 Å². The SMILES string of the molecule is CC(C)(C)c1ccc(/C=C(/C(=O)O)c2ccccc2)s1. The number of carboxylic acid groups (broad SMARTS) is 1. The number of hydrogen-bond acceptors (Lipinski definition) is 2. The Kier molecular flexibility index (Phi) is 4.09.